The number of rotatable bonds is 15. The lowest BCUT2D eigenvalue weighted by atomic mass is 10.0. The van der Waals surface area contributed by atoms with Crippen molar-refractivity contribution in [2.24, 2.45) is 0 Å². The normalized spacial score (nSPS) is 15.1. The largest absolute Gasteiger partial charge is 0.455 e. The van der Waals surface area contributed by atoms with E-state index in [1.807, 2.05) is 0 Å². The van der Waals surface area contributed by atoms with Crippen molar-refractivity contribution in [2.45, 2.75) is 43.0 Å². The lowest BCUT2D eigenvalue weighted by molar-refractivity contribution is -0.138. The molecule has 332 valence electrons. The molecule has 0 saturated carbocycles. The number of ether oxygens (including phenoxy) is 2. The zero-order chi connectivity index (χ0) is 45.9. The number of hydrogen-bond acceptors (Lipinski definition) is 12. The summed E-state index contributed by atoms with van der Waals surface area (Å²) in [6.45, 7) is -0.264. The van der Waals surface area contributed by atoms with Gasteiger partial charge in [0, 0.05) is 17.0 Å². The predicted octanol–water partition coefficient (Wildman–Crippen LogP) is 5.18. The van der Waals surface area contributed by atoms with Crippen molar-refractivity contribution in [1.29, 1.82) is 0 Å². The van der Waals surface area contributed by atoms with Gasteiger partial charge in [0.1, 0.15) is 24.1 Å². The van der Waals surface area contributed by atoms with Crippen molar-refractivity contribution in [1.82, 2.24) is 30.5 Å². The fraction of sp³-hybridized carbons (Fsp3) is 0.200. The van der Waals surface area contributed by atoms with E-state index in [0.717, 1.165) is 17.0 Å². The lowest BCUT2D eigenvalue weighted by Crippen LogP contribution is -2.54. The smallest absolute Gasteiger partial charge is 0.417 e. The molecule has 18 nitrogen and oxygen atoms in total. The number of nitrogens with one attached hydrogen (secondary N) is 4. The zero-order valence-corrected chi connectivity index (χ0v) is 34.9. The minimum atomic E-state index is -4.90. The Morgan fingerprint density at radius 2 is 1.70 bits per heavy atom. The molecule has 0 aliphatic carbocycles. The van der Waals surface area contributed by atoms with E-state index in [4.69, 9.17) is 32.7 Å². The van der Waals surface area contributed by atoms with Crippen LogP contribution in [0.4, 0.5) is 24.5 Å². The lowest BCUT2D eigenvalue weighted by Gasteiger charge is -2.27. The molecule has 0 spiro atoms. The standard InChI is InChI=1S/C40H31Cl2F3N8O10S/c41-22-6-12-32(30(16-22)50-64(60,61)25-9-10-28(42)27(17-25)40(43,44)45)63-24-7-4-21(5-8-24)36(56)46-18-23-19-52(51-49-23)14-15-62-20-34(55)47-29-3-1-2-26-35(29)39(59)53(38(26)58)31-11-13-33(54)48-37(31)57/h1-10,12,16-17,19,31,50H,11,13-15,18,20H2,(H,46,56)(H,47,55)(H,48,54,57). The van der Waals surface area contributed by atoms with Crippen LogP contribution in [0.5, 0.6) is 11.5 Å². The molecule has 7 rings (SSSR count). The summed E-state index contributed by atoms with van der Waals surface area (Å²) in [5, 5.41) is 14.8. The van der Waals surface area contributed by atoms with Crippen LogP contribution in [0.25, 0.3) is 0 Å². The second-order valence-electron chi connectivity index (χ2n) is 13.9. The molecule has 64 heavy (non-hydrogen) atoms. The highest BCUT2D eigenvalue weighted by atomic mass is 35.5. The molecule has 6 amide bonds. The van der Waals surface area contributed by atoms with Gasteiger partial charge in [0.15, 0.2) is 5.75 Å². The number of sulfonamides is 1. The van der Waals surface area contributed by atoms with Crippen molar-refractivity contribution in [3.8, 4) is 11.5 Å². The number of nitrogens with zero attached hydrogens (tertiary/aromatic N) is 4. The zero-order valence-electron chi connectivity index (χ0n) is 32.6. The first-order chi connectivity index (χ1) is 30.4. The number of hydrogen-bond donors (Lipinski definition) is 4. The Balaban J connectivity index is 0.870. The van der Waals surface area contributed by atoms with Gasteiger partial charge in [-0.2, -0.15) is 13.2 Å². The van der Waals surface area contributed by atoms with E-state index < -0.39 is 79.8 Å². The number of benzene rings is 4. The van der Waals surface area contributed by atoms with Gasteiger partial charge in [0.2, 0.25) is 17.7 Å². The molecule has 1 unspecified atom stereocenters. The summed E-state index contributed by atoms with van der Waals surface area (Å²) in [6.07, 6.45) is -3.42. The van der Waals surface area contributed by atoms with Gasteiger partial charge in [-0.05, 0) is 79.2 Å². The molecule has 4 N–H and O–H groups in total. The van der Waals surface area contributed by atoms with Crippen LogP contribution >= 0.6 is 23.2 Å². The number of carbonyl (C=O) groups is 6. The first-order valence-electron chi connectivity index (χ1n) is 18.7. The van der Waals surface area contributed by atoms with Gasteiger partial charge < -0.3 is 20.1 Å². The highest BCUT2D eigenvalue weighted by Gasteiger charge is 2.46. The number of alkyl halides is 3. The van der Waals surface area contributed by atoms with E-state index in [2.05, 4.69) is 31.0 Å². The molecular weight excluding hydrogens is 912 g/mol. The Bertz CT molecular complexity index is 2830. The van der Waals surface area contributed by atoms with Crippen LogP contribution in [-0.2, 0) is 48.4 Å². The van der Waals surface area contributed by atoms with E-state index in [0.29, 0.717) is 11.8 Å². The Kier molecular flexibility index (Phi) is 13.0. The van der Waals surface area contributed by atoms with Crippen LogP contribution in [0.15, 0.2) is 90.0 Å². The van der Waals surface area contributed by atoms with E-state index in [1.54, 1.807) is 6.20 Å². The molecule has 2 aliphatic rings. The Labute approximate surface area is 370 Å². The van der Waals surface area contributed by atoms with Gasteiger partial charge in [0.05, 0.1) is 63.9 Å². The second kappa shape index (κ2) is 18.5. The molecule has 1 aromatic heterocycles. The van der Waals surface area contributed by atoms with Gasteiger partial charge in [0.25, 0.3) is 27.7 Å². The fourth-order valence-corrected chi connectivity index (χ4v) is 7.98. The summed E-state index contributed by atoms with van der Waals surface area (Å²) in [7, 11) is -4.58. The highest BCUT2D eigenvalue weighted by Crippen LogP contribution is 2.38. The number of amides is 6. The molecule has 4 aromatic carbocycles. The van der Waals surface area contributed by atoms with Crippen LogP contribution in [0, 0.1) is 0 Å². The topological polar surface area (TPSA) is 237 Å². The minimum absolute atomic E-state index is 0.00262. The summed E-state index contributed by atoms with van der Waals surface area (Å²) < 4.78 is 81.3. The van der Waals surface area contributed by atoms with Crippen LogP contribution in [0.2, 0.25) is 10.0 Å². The minimum Gasteiger partial charge on any atom is -0.455 e. The van der Waals surface area contributed by atoms with E-state index >= 15 is 0 Å². The average molecular weight is 944 g/mol. The van der Waals surface area contributed by atoms with Gasteiger partial charge in [-0.15, -0.1) is 5.10 Å². The maximum atomic E-state index is 13.4. The highest BCUT2D eigenvalue weighted by molar-refractivity contribution is 7.92. The van der Waals surface area contributed by atoms with Crippen molar-refractivity contribution in [3.63, 3.8) is 0 Å². The maximum absolute atomic E-state index is 13.4. The third-order valence-corrected chi connectivity index (χ3v) is 11.5. The van der Waals surface area contributed by atoms with Crippen LogP contribution in [-0.4, -0.2) is 83.0 Å². The van der Waals surface area contributed by atoms with E-state index in [-0.39, 0.29) is 77.1 Å². The SMILES string of the molecule is O=C1CCC(N2C(=O)c3cccc(NC(=O)COCCn4cc(CNC(=O)c5ccc(Oc6ccc(Cl)cc6NS(=O)(=O)c6ccc(Cl)c(C(F)(F)F)c6)cc5)nn4)c3C2=O)C(=O)N1. The van der Waals surface area contributed by atoms with Crippen LogP contribution < -0.4 is 25.4 Å². The fourth-order valence-electron chi connectivity index (χ4n) is 6.49. The van der Waals surface area contributed by atoms with Crippen molar-refractivity contribution in [2.75, 3.05) is 23.3 Å². The van der Waals surface area contributed by atoms with Gasteiger partial charge in [-0.25, -0.2) is 13.1 Å². The number of piperidine rings is 1. The summed E-state index contributed by atoms with van der Waals surface area (Å²) in [6, 6.07) is 14.9. The third-order valence-electron chi connectivity index (χ3n) is 9.54. The first-order valence-corrected chi connectivity index (χ1v) is 21.0. The van der Waals surface area contributed by atoms with Crippen LogP contribution in [0.1, 0.15) is 55.2 Å². The predicted molar refractivity (Wildman–Crippen MR) is 219 cm³/mol. The summed E-state index contributed by atoms with van der Waals surface area (Å²) in [4.78, 5) is 76.0. The molecule has 0 radical (unpaired) electrons. The summed E-state index contributed by atoms with van der Waals surface area (Å²) in [5.41, 5.74) is -0.940. The first kappa shape index (κ1) is 45.2. The molecule has 0 bridgehead atoms. The van der Waals surface area contributed by atoms with Crippen molar-refractivity contribution in [3.05, 3.63) is 123 Å². The Hall–Kier alpha value is -6.88. The molecular formula is C40H31Cl2F3N8O10S. The number of carbonyl (C=O) groups excluding carboxylic acids is 6. The van der Waals surface area contributed by atoms with E-state index in [1.165, 1.54) is 65.3 Å². The molecule has 2 aliphatic heterocycles. The summed E-state index contributed by atoms with van der Waals surface area (Å²) >= 11 is 11.7. The number of fused-ring (bicyclic) bond motifs is 1. The summed E-state index contributed by atoms with van der Waals surface area (Å²) in [5.74, 6) is -3.76. The van der Waals surface area contributed by atoms with E-state index in [9.17, 15) is 50.4 Å². The van der Waals surface area contributed by atoms with Gasteiger partial charge in [-0.1, -0.05) is 34.5 Å². The molecule has 5 aromatic rings. The molecule has 1 atom stereocenters. The maximum Gasteiger partial charge on any atom is 0.417 e. The number of imide groups is 2. The van der Waals surface area contributed by atoms with Crippen LogP contribution in [0.3, 0.4) is 0 Å². The Morgan fingerprint density at radius 1 is 0.938 bits per heavy atom. The number of anilines is 2. The quantitative estimate of drug-likeness (QED) is 0.0785. The molecule has 24 heteroatoms. The van der Waals surface area contributed by atoms with Crippen molar-refractivity contribution >= 4 is 80.0 Å². The number of aromatic nitrogens is 3. The Morgan fingerprint density at radius 3 is 2.44 bits per heavy atom. The van der Waals surface area contributed by atoms with Gasteiger partial charge in [-0.3, -0.25) is 43.7 Å². The second-order valence-corrected chi connectivity index (χ2v) is 16.5. The molecule has 3 heterocycles. The monoisotopic (exact) mass is 942 g/mol. The molecule has 1 fully saturated rings. The number of halogens is 5. The molecule has 1 saturated heterocycles. The average Bonchev–Trinajstić information content (AvgIpc) is 3.80. The van der Waals surface area contributed by atoms with Crippen molar-refractivity contribution < 1.29 is 59.8 Å². The van der Waals surface area contributed by atoms with Gasteiger partial charge >= 0.3 is 6.18 Å². The third kappa shape index (κ3) is 10.1.